The number of carbonyl (C=O) groups is 1. The molecule has 0 bridgehead atoms. The van der Waals surface area contributed by atoms with Gasteiger partial charge in [0.15, 0.2) is 0 Å². The number of hydrogen-bond acceptors (Lipinski definition) is 3. The lowest BCUT2D eigenvalue weighted by Crippen LogP contribution is -2.04. The Morgan fingerprint density at radius 3 is 1.96 bits per heavy atom. The predicted molar refractivity (Wildman–Crippen MR) is 104 cm³/mol. The van der Waals surface area contributed by atoms with Crippen molar-refractivity contribution in [3.63, 3.8) is 0 Å². The van der Waals surface area contributed by atoms with E-state index in [2.05, 4.69) is 11.9 Å². The van der Waals surface area contributed by atoms with Crippen molar-refractivity contribution >= 4 is 5.97 Å². The fraction of sp³-hybridized carbons (Fsp3) is 0.727. The van der Waals surface area contributed by atoms with Gasteiger partial charge in [0.2, 0.25) is 0 Å². The van der Waals surface area contributed by atoms with Crippen molar-refractivity contribution in [2.24, 2.45) is 0 Å². The van der Waals surface area contributed by atoms with Gasteiger partial charge in [0.05, 0.1) is 0 Å². The molecule has 1 heterocycles. The molecule has 0 aliphatic heterocycles. The molecule has 0 saturated heterocycles. The zero-order valence-corrected chi connectivity index (χ0v) is 16.2. The summed E-state index contributed by atoms with van der Waals surface area (Å²) in [4.78, 5) is 15.7. The summed E-state index contributed by atoms with van der Waals surface area (Å²) in [5.74, 6) is -0.0908. The maximum Gasteiger partial charge on any atom is 0.306 e. The summed E-state index contributed by atoms with van der Waals surface area (Å²) < 4.78 is 5.26. The minimum atomic E-state index is -0.0908. The van der Waals surface area contributed by atoms with E-state index < -0.39 is 0 Å². The van der Waals surface area contributed by atoms with Crippen LogP contribution in [0, 0.1) is 0 Å². The average molecular weight is 348 g/mol. The molecular weight excluding hydrogens is 310 g/mol. The number of aromatic nitrogens is 1. The maximum absolute atomic E-state index is 11.7. The van der Waals surface area contributed by atoms with Gasteiger partial charge >= 0.3 is 5.97 Å². The molecule has 0 N–H and O–H groups in total. The SMILES string of the molecule is CCCCCCCCCCCCCCCC(=O)OCc1cccnc1. The van der Waals surface area contributed by atoms with E-state index in [9.17, 15) is 4.79 Å². The van der Waals surface area contributed by atoms with Crippen LogP contribution < -0.4 is 0 Å². The number of esters is 1. The van der Waals surface area contributed by atoms with Gasteiger partial charge in [-0.3, -0.25) is 9.78 Å². The monoisotopic (exact) mass is 347 g/mol. The smallest absolute Gasteiger partial charge is 0.306 e. The lowest BCUT2D eigenvalue weighted by molar-refractivity contribution is -0.145. The number of nitrogens with zero attached hydrogens (tertiary/aromatic N) is 1. The zero-order chi connectivity index (χ0) is 18.0. The first kappa shape index (κ1) is 21.7. The summed E-state index contributed by atoms with van der Waals surface area (Å²) in [6.45, 7) is 2.61. The molecule has 1 aromatic heterocycles. The van der Waals surface area contributed by atoms with Crippen molar-refractivity contribution in [2.75, 3.05) is 0 Å². The van der Waals surface area contributed by atoms with Gasteiger partial charge in [-0.1, -0.05) is 90.0 Å². The molecule has 0 fully saturated rings. The lowest BCUT2D eigenvalue weighted by atomic mass is 10.0. The Morgan fingerprint density at radius 2 is 1.44 bits per heavy atom. The molecule has 0 aliphatic carbocycles. The summed E-state index contributed by atoms with van der Waals surface area (Å²) in [5, 5.41) is 0. The van der Waals surface area contributed by atoms with Crippen LogP contribution in [0.2, 0.25) is 0 Å². The largest absolute Gasteiger partial charge is 0.461 e. The molecule has 3 heteroatoms. The molecule has 0 saturated carbocycles. The number of ether oxygens (including phenoxy) is 1. The third-order valence-corrected chi connectivity index (χ3v) is 4.61. The molecule has 0 atom stereocenters. The van der Waals surface area contributed by atoms with E-state index in [0.717, 1.165) is 18.4 Å². The van der Waals surface area contributed by atoms with Crippen molar-refractivity contribution < 1.29 is 9.53 Å². The standard InChI is InChI=1S/C22H37NO2/c1-2-3-4-5-6-7-8-9-10-11-12-13-14-17-22(24)25-20-21-16-15-18-23-19-21/h15-16,18-19H,2-14,17,20H2,1H3. The van der Waals surface area contributed by atoms with E-state index in [1.807, 2.05) is 12.1 Å². The van der Waals surface area contributed by atoms with E-state index in [-0.39, 0.29) is 5.97 Å². The molecule has 0 aromatic carbocycles. The highest BCUT2D eigenvalue weighted by molar-refractivity contribution is 5.69. The fourth-order valence-electron chi connectivity index (χ4n) is 3.01. The number of carbonyl (C=O) groups excluding carboxylic acids is 1. The van der Waals surface area contributed by atoms with Gasteiger partial charge in [0.1, 0.15) is 6.61 Å². The second-order valence-corrected chi connectivity index (χ2v) is 7.01. The highest BCUT2D eigenvalue weighted by Crippen LogP contribution is 2.13. The fourth-order valence-corrected chi connectivity index (χ4v) is 3.01. The molecule has 3 nitrogen and oxygen atoms in total. The first-order chi connectivity index (χ1) is 12.3. The quantitative estimate of drug-likeness (QED) is 0.249. The van der Waals surface area contributed by atoms with E-state index in [4.69, 9.17) is 4.74 Å². The average Bonchev–Trinajstić information content (AvgIpc) is 2.64. The van der Waals surface area contributed by atoms with Gasteiger partial charge in [0.25, 0.3) is 0 Å². The number of rotatable bonds is 16. The molecule has 1 aromatic rings. The zero-order valence-electron chi connectivity index (χ0n) is 16.2. The topological polar surface area (TPSA) is 39.2 Å². The Labute approximate surface area is 154 Å². The van der Waals surface area contributed by atoms with Crippen LogP contribution in [-0.2, 0) is 16.1 Å². The van der Waals surface area contributed by atoms with Crippen LogP contribution in [0.25, 0.3) is 0 Å². The molecule has 0 radical (unpaired) electrons. The lowest BCUT2D eigenvalue weighted by Gasteiger charge is -2.05. The third-order valence-electron chi connectivity index (χ3n) is 4.61. The van der Waals surface area contributed by atoms with Crippen LogP contribution in [0.4, 0.5) is 0 Å². The van der Waals surface area contributed by atoms with Gasteiger partial charge in [0, 0.05) is 24.4 Å². The van der Waals surface area contributed by atoms with Crippen molar-refractivity contribution in [1.82, 2.24) is 4.98 Å². The Bertz CT molecular complexity index is 419. The Hall–Kier alpha value is -1.38. The summed E-state index contributed by atoms with van der Waals surface area (Å²) >= 11 is 0. The van der Waals surface area contributed by atoms with Crippen LogP contribution in [0.3, 0.4) is 0 Å². The van der Waals surface area contributed by atoms with E-state index >= 15 is 0 Å². The molecule has 25 heavy (non-hydrogen) atoms. The first-order valence-electron chi connectivity index (χ1n) is 10.4. The first-order valence-corrected chi connectivity index (χ1v) is 10.4. The summed E-state index contributed by atoms with van der Waals surface area (Å²) in [7, 11) is 0. The summed E-state index contributed by atoms with van der Waals surface area (Å²) in [6, 6.07) is 3.78. The van der Waals surface area contributed by atoms with Crippen LogP contribution in [-0.4, -0.2) is 11.0 Å². The van der Waals surface area contributed by atoms with Gasteiger partial charge in [-0.25, -0.2) is 0 Å². The van der Waals surface area contributed by atoms with Crippen molar-refractivity contribution in [1.29, 1.82) is 0 Å². The molecule has 142 valence electrons. The number of unbranched alkanes of at least 4 members (excludes halogenated alkanes) is 12. The third kappa shape index (κ3) is 13.6. The Balaban J connectivity index is 1.80. The Morgan fingerprint density at radius 1 is 0.880 bits per heavy atom. The van der Waals surface area contributed by atoms with E-state index in [0.29, 0.717) is 13.0 Å². The van der Waals surface area contributed by atoms with Crippen LogP contribution in [0.1, 0.15) is 102 Å². The molecule has 1 rings (SSSR count). The van der Waals surface area contributed by atoms with Crippen molar-refractivity contribution in [3.8, 4) is 0 Å². The summed E-state index contributed by atoms with van der Waals surface area (Å²) in [5.41, 5.74) is 0.946. The van der Waals surface area contributed by atoms with Gasteiger partial charge in [-0.2, -0.15) is 0 Å². The normalized spacial score (nSPS) is 10.8. The molecule has 0 spiro atoms. The predicted octanol–water partition coefficient (Wildman–Crippen LogP) is 6.61. The van der Waals surface area contributed by atoms with Crippen LogP contribution >= 0.6 is 0 Å². The van der Waals surface area contributed by atoms with Crippen LogP contribution in [0.5, 0.6) is 0 Å². The highest BCUT2D eigenvalue weighted by Gasteiger charge is 2.03. The van der Waals surface area contributed by atoms with E-state index in [1.54, 1.807) is 12.4 Å². The van der Waals surface area contributed by atoms with Crippen LogP contribution in [0.15, 0.2) is 24.5 Å². The summed E-state index contributed by atoms with van der Waals surface area (Å²) in [6.07, 6.45) is 21.2. The van der Waals surface area contributed by atoms with Crippen molar-refractivity contribution in [2.45, 2.75) is 103 Å². The molecule has 0 unspecified atom stereocenters. The number of hydrogen-bond donors (Lipinski definition) is 0. The highest BCUT2D eigenvalue weighted by atomic mass is 16.5. The molecule has 0 amide bonds. The van der Waals surface area contributed by atoms with Gasteiger partial charge < -0.3 is 4.74 Å². The minimum Gasteiger partial charge on any atom is -0.461 e. The van der Waals surface area contributed by atoms with E-state index in [1.165, 1.54) is 70.6 Å². The number of pyridine rings is 1. The minimum absolute atomic E-state index is 0.0908. The van der Waals surface area contributed by atoms with Gasteiger partial charge in [-0.05, 0) is 12.5 Å². The molecular formula is C22H37NO2. The van der Waals surface area contributed by atoms with Gasteiger partial charge in [-0.15, -0.1) is 0 Å². The second-order valence-electron chi connectivity index (χ2n) is 7.01. The second kappa shape index (κ2) is 16.1. The maximum atomic E-state index is 11.7. The Kier molecular flexibility index (Phi) is 14.0. The van der Waals surface area contributed by atoms with Crippen molar-refractivity contribution in [3.05, 3.63) is 30.1 Å². The molecule has 0 aliphatic rings.